The Morgan fingerprint density at radius 1 is 1.38 bits per heavy atom. The van der Waals surface area contributed by atoms with Gasteiger partial charge in [-0.1, -0.05) is 0 Å². The van der Waals surface area contributed by atoms with Crippen molar-refractivity contribution in [1.29, 1.82) is 0 Å². The van der Waals surface area contributed by atoms with E-state index in [-0.39, 0.29) is 19.3 Å². The van der Waals surface area contributed by atoms with E-state index in [1.807, 2.05) is 0 Å². The van der Waals surface area contributed by atoms with Crippen LogP contribution in [0.1, 0.15) is 20.8 Å². The van der Waals surface area contributed by atoms with Crippen LogP contribution in [0.25, 0.3) is 0 Å². The Morgan fingerprint density at radius 2 is 1.94 bits per heavy atom. The summed E-state index contributed by atoms with van der Waals surface area (Å²) in [6.45, 7) is 5.20. The van der Waals surface area contributed by atoms with Crippen LogP contribution >= 0.6 is 0 Å². The van der Waals surface area contributed by atoms with Crippen molar-refractivity contribution in [1.82, 2.24) is 0 Å². The highest BCUT2D eigenvalue weighted by molar-refractivity contribution is 5.78. The summed E-state index contributed by atoms with van der Waals surface area (Å²) in [5.41, 5.74) is 9.49. The number of aliphatic hydroxyl groups excluding tert-OH is 1. The maximum atomic E-state index is 11.6. The smallest absolute Gasteiger partial charge is 0.337 e. The van der Waals surface area contributed by atoms with Gasteiger partial charge in [-0.15, -0.1) is 0 Å². The minimum absolute atomic E-state index is 0.0494. The monoisotopic (exact) mass is 234 g/mol. The third-order valence-electron chi connectivity index (χ3n) is 2.00. The van der Waals surface area contributed by atoms with E-state index < -0.39 is 17.7 Å². The normalized spacial score (nSPS) is 15.6. The molecule has 0 aliphatic carbocycles. The fourth-order valence-corrected chi connectivity index (χ4v) is 1.01. The quantitative estimate of drug-likeness (QED) is 0.487. The van der Waals surface area contributed by atoms with Crippen molar-refractivity contribution in [3.05, 3.63) is 0 Å². The van der Waals surface area contributed by atoms with Crippen molar-refractivity contribution in [2.45, 2.75) is 38.6 Å². The summed E-state index contributed by atoms with van der Waals surface area (Å²) in [5.74, 6) is -0.541. The number of rotatable bonds is 7. The maximum Gasteiger partial charge on any atom is 0.337 e. The molecule has 16 heavy (non-hydrogen) atoms. The summed E-state index contributed by atoms with van der Waals surface area (Å²) in [6.07, 6.45) is -1.08. The topological polar surface area (TPSA) is 108 Å². The van der Waals surface area contributed by atoms with Gasteiger partial charge < -0.3 is 26.0 Å². The van der Waals surface area contributed by atoms with Gasteiger partial charge in [0.25, 0.3) is 0 Å². The average molecular weight is 234 g/mol. The second-order valence-electron chi connectivity index (χ2n) is 4.16. The molecule has 6 heteroatoms. The molecule has 0 aromatic carbocycles. The van der Waals surface area contributed by atoms with Gasteiger partial charge in [0.2, 0.25) is 0 Å². The van der Waals surface area contributed by atoms with Crippen LogP contribution in [0.2, 0.25) is 0 Å². The van der Waals surface area contributed by atoms with Crippen LogP contribution in [0, 0.1) is 0 Å². The van der Waals surface area contributed by atoms with Crippen LogP contribution in [0.5, 0.6) is 0 Å². The number of carbonyl (C=O) groups is 1. The Kier molecular flexibility index (Phi) is 6.51. The van der Waals surface area contributed by atoms with Crippen molar-refractivity contribution < 1.29 is 19.4 Å². The highest BCUT2D eigenvalue weighted by atomic mass is 16.6. The zero-order chi connectivity index (χ0) is 12.8. The second kappa shape index (κ2) is 6.80. The van der Waals surface area contributed by atoms with Gasteiger partial charge in [-0.25, -0.2) is 4.79 Å². The first kappa shape index (κ1) is 15.3. The molecular formula is C10H22N2O4. The highest BCUT2D eigenvalue weighted by Crippen LogP contribution is 2.14. The van der Waals surface area contributed by atoms with Gasteiger partial charge in [0, 0.05) is 13.1 Å². The number of ether oxygens (including phenoxy) is 2. The van der Waals surface area contributed by atoms with E-state index in [4.69, 9.17) is 26.0 Å². The molecule has 2 unspecified atom stereocenters. The summed E-state index contributed by atoms with van der Waals surface area (Å²) in [4.78, 5) is 11.6. The molecule has 0 bridgehead atoms. The molecule has 0 aromatic heterocycles. The SMILES string of the molecule is CC(CN)OC(C)(C)C(=O)OCC(O)CN. The van der Waals surface area contributed by atoms with E-state index in [9.17, 15) is 4.79 Å². The number of hydrogen-bond donors (Lipinski definition) is 3. The van der Waals surface area contributed by atoms with Crippen LogP contribution < -0.4 is 11.5 Å². The van der Waals surface area contributed by atoms with Gasteiger partial charge in [-0.3, -0.25) is 0 Å². The van der Waals surface area contributed by atoms with Gasteiger partial charge in [-0.2, -0.15) is 0 Å². The zero-order valence-corrected chi connectivity index (χ0v) is 10.1. The van der Waals surface area contributed by atoms with Gasteiger partial charge in [0.15, 0.2) is 5.60 Å². The van der Waals surface area contributed by atoms with E-state index in [1.54, 1.807) is 20.8 Å². The molecule has 0 fully saturated rings. The lowest BCUT2D eigenvalue weighted by atomic mass is 10.1. The molecule has 0 radical (unpaired) electrons. The van der Waals surface area contributed by atoms with Crippen LogP contribution in [0.4, 0.5) is 0 Å². The van der Waals surface area contributed by atoms with Gasteiger partial charge >= 0.3 is 5.97 Å². The fraction of sp³-hybridized carbons (Fsp3) is 0.900. The lowest BCUT2D eigenvalue weighted by Gasteiger charge is -2.26. The van der Waals surface area contributed by atoms with Crippen molar-refractivity contribution in [2.75, 3.05) is 19.7 Å². The summed E-state index contributed by atoms with van der Waals surface area (Å²) >= 11 is 0. The summed E-state index contributed by atoms with van der Waals surface area (Å²) in [5, 5.41) is 9.14. The van der Waals surface area contributed by atoms with Crippen molar-refractivity contribution in [3.63, 3.8) is 0 Å². The van der Waals surface area contributed by atoms with E-state index >= 15 is 0 Å². The predicted molar refractivity (Wildman–Crippen MR) is 59.7 cm³/mol. The first-order valence-corrected chi connectivity index (χ1v) is 5.26. The number of esters is 1. The number of hydrogen-bond acceptors (Lipinski definition) is 6. The minimum atomic E-state index is -1.08. The average Bonchev–Trinajstić information content (AvgIpc) is 2.24. The van der Waals surface area contributed by atoms with E-state index in [2.05, 4.69) is 0 Å². The molecule has 0 amide bonds. The standard InChI is InChI=1S/C10H22N2O4/c1-7(4-11)16-10(2,3)9(14)15-6-8(13)5-12/h7-8,13H,4-6,11-12H2,1-3H3. The van der Waals surface area contributed by atoms with Crippen LogP contribution in [0.3, 0.4) is 0 Å². The lowest BCUT2D eigenvalue weighted by Crippen LogP contribution is -2.42. The molecule has 0 aromatic rings. The Labute approximate surface area is 95.9 Å². The predicted octanol–water partition coefficient (Wildman–Crippen LogP) is -1.01. The van der Waals surface area contributed by atoms with Gasteiger partial charge in [-0.05, 0) is 20.8 Å². The van der Waals surface area contributed by atoms with E-state index in [1.165, 1.54) is 0 Å². The fourth-order valence-electron chi connectivity index (χ4n) is 1.01. The summed E-state index contributed by atoms with van der Waals surface area (Å²) in [6, 6.07) is 0. The van der Waals surface area contributed by atoms with Gasteiger partial charge in [0.1, 0.15) is 12.7 Å². The van der Waals surface area contributed by atoms with Crippen LogP contribution in [0.15, 0.2) is 0 Å². The molecule has 2 atom stereocenters. The minimum Gasteiger partial charge on any atom is -0.461 e. The van der Waals surface area contributed by atoms with E-state index in [0.717, 1.165) is 0 Å². The van der Waals surface area contributed by atoms with Crippen LogP contribution in [-0.4, -0.2) is 48.6 Å². The molecule has 5 N–H and O–H groups in total. The molecule has 0 spiro atoms. The Bertz CT molecular complexity index is 221. The third kappa shape index (κ3) is 5.41. The molecule has 0 aliphatic heterocycles. The van der Waals surface area contributed by atoms with E-state index in [0.29, 0.717) is 6.54 Å². The van der Waals surface area contributed by atoms with Crippen molar-refractivity contribution in [3.8, 4) is 0 Å². The zero-order valence-electron chi connectivity index (χ0n) is 10.1. The molecule has 0 heterocycles. The Hall–Kier alpha value is -0.690. The molecule has 0 rings (SSSR count). The summed E-state index contributed by atoms with van der Waals surface area (Å²) in [7, 11) is 0. The number of carbonyl (C=O) groups excluding carboxylic acids is 1. The third-order valence-corrected chi connectivity index (χ3v) is 2.00. The number of aliphatic hydroxyl groups is 1. The molecule has 0 saturated carbocycles. The maximum absolute atomic E-state index is 11.6. The van der Waals surface area contributed by atoms with Crippen molar-refractivity contribution in [2.24, 2.45) is 11.5 Å². The van der Waals surface area contributed by atoms with Crippen molar-refractivity contribution >= 4 is 5.97 Å². The molecule has 96 valence electrons. The Morgan fingerprint density at radius 3 is 2.38 bits per heavy atom. The Balaban J connectivity index is 4.13. The first-order valence-electron chi connectivity index (χ1n) is 5.26. The van der Waals surface area contributed by atoms with Gasteiger partial charge in [0.05, 0.1) is 6.10 Å². The summed E-state index contributed by atoms with van der Waals surface area (Å²) < 4.78 is 10.3. The second-order valence-corrected chi connectivity index (χ2v) is 4.16. The lowest BCUT2D eigenvalue weighted by molar-refractivity contribution is -0.175. The number of nitrogens with two attached hydrogens (primary N) is 2. The molecule has 0 saturated heterocycles. The first-order chi connectivity index (χ1) is 7.33. The highest BCUT2D eigenvalue weighted by Gasteiger charge is 2.32. The van der Waals surface area contributed by atoms with Crippen LogP contribution in [-0.2, 0) is 14.3 Å². The molecule has 0 aliphatic rings. The largest absolute Gasteiger partial charge is 0.461 e. The molecule has 6 nitrogen and oxygen atoms in total. The molecular weight excluding hydrogens is 212 g/mol.